The molecule has 3 fully saturated rings. The number of hydrogen-bond donors (Lipinski definition) is 3. The molecule has 2 aliphatic carbocycles. The number of nitrogens with one attached hydrogen (secondary N) is 3. The summed E-state index contributed by atoms with van der Waals surface area (Å²) < 4.78 is 35.0. The second kappa shape index (κ2) is 11.1. The molecule has 0 amide bonds. The highest BCUT2D eigenvalue weighted by molar-refractivity contribution is 7.98. The third kappa shape index (κ3) is 5.39. The molecule has 0 radical (unpaired) electrons. The van der Waals surface area contributed by atoms with E-state index in [-0.39, 0.29) is 30.0 Å². The number of fused-ring (bicyclic) bond motifs is 1. The van der Waals surface area contributed by atoms with Gasteiger partial charge in [-0.1, -0.05) is 18.2 Å². The summed E-state index contributed by atoms with van der Waals surface area (Å²) in [4.78, 5) is 16.8. The molecule has 3 heterocycles. The summed E-state index contributed by atoms with van der Waals surface area (Å²) in [5.74, 6) is -1.95. The van der Waals surface area contributed by atoms with Crippen LogP contribution in [0.3, 0.4) is 0 Å². The number of pyridine rings is 1. The van der Waals surface area contributed by atoms with E-state index in [0.717, 1.165) is 41.8 Å². The number of hydrogen-bond acceptors (Lipinski definition) is 5. The first kappa shape index (κ1) is 28.9. The summed E-state index contributed by atoms with van der Waals surface area (Å²) in [6, 6.07) is 11.3. The molecule has 1 atom stereocenters. The number of nitrogens with zero attached hydrogens (tertiary/aromatic N) is 1. The molecule has 1 aliphatic heterocycles. The fourth-order valence-electron chi connectivity index (χ4n) is 7.55. The zero-order valence-corrected chi connectivity index (χ0v) is 25.3. The van der Waals surface area contributed by atoms with Crippen LogP contribution in [0, 0.1) is 19.8 Å². The number of benzene rings is 1. The topological polar surface area (TPSA) is 71.1 Å². The van der Waals surface area contributed by atoms with Gasteiger partial charge in [0.1, 0.15) is 0 Å². The van der Waals surface area contributed by atoms with Crippen LogP contribution in [-0.2, 0) is 16.8 Å². The van der Waals surface area contributed by atoms with Crippen molar-refractivity contribution in [3.05, 3.63) is 63.2 Å². The Morgan fingerprint density at radius 3 is 2.46 bits per heavy atom. The molecule has 222 valence electrons. The van der Waals surface area contributed by atoms with Crippen LogP contribution in [0.4, 0.5) is 8.78 Å². The Morgan fingerprint density at radius 2 is 1.83 bits per heavy atom. The molecule has 0 unspecified atom stereocenters. The SMILES string of the molecule is CSc1cc(C)[nH]c(=O)c1CNC1(c2c(C)n([C@H](C)C3CCC(NC4CC(F)(F)C4)CC3)c3ccccc23)COC1. The summed E-state index contributed by atoms with van der Waals surface area (Å²) in [5, 5.41) is 8.50. The highest BCUT2D eigenvalue weighted by atomic mass is 32.2. The van der Waals surface area contributed by atoms with Crippen molar-refractivity contribution in [1.29, 1.82) is 0 Å². The molecule has 41 heavy (non-hydrogen) atoms. The van der Waals surface area contributed by atoms with E-state index in [1.165, 1.54) is 22.2 Å². The molecule has 3 aliphatic rings. The van der Waals surface area contributed by atoms with E-state index in [9.17, 15) is 13.6 Å². The van der Waals surface area contributed by atoms with Crippen molar-refractivity contribution in [2.45, 2.75) is 100 Å². The Labute approximate surface area is 245 Å². The van der Waals surface area contributed by atoms with Crippen LogP contribution in [0.2, 0.25) is 0 Å². The summed E-state index contributed by atoms with van der Waals surface area (Å²) in [7, 11) is 0. The highest BCUT2D eigenvalue weighted by Gasteiger charge is 2.46. The molecular formula is C32H42F2N4O2S. The maximum Gasteiger partial charge on any atom is 0.253 e. The largest absolute Gasteiger partial charge is 0.377 e. The van der Waals surface area contributed by atoms with Crippen molar-refractivity contribution in [1.82, 2.24) is 20.2 Å². The molecule has 1 saturated heterocycles. The number of para-hydroxylation sites is 1. The highest BCUT2D eigenvalue weighted by Crippen LogP contribution is 2.44. The van der Waals surface area contributed by atoms with Gasteiger partial charge in [0.05, 0.1) is 18.8 Å². The van der Waals surface area contributed by atoms with E-state index in [1.54, 1.807) is 11.8 Å². The number of aromatic nitrogens is 2. The Balaban J connectivity index is 1.24. The van der Waals surface area contributed by atoms with E-state index in [0.29, 0.717) is 37.8 Å². The van der Waals surface area contributed by atoms with Gasteiger partial charge < -0.3 is 19.6 Å². The van der Waals surface area contributed by atoms with Gasteiger partial charge in [-0.05, 0) is 70.8 Å². The quantitative estimate of drug-likeness (QED) is 0.262. The summed E-state index contributed by atoms with van der Waals surface area (Å²) in [6.45, 7) is 8.06. The van der Waals surface area contributed by atoms with E-state index in [2.05, 4.69) is 58.3 Å². The van der Waals surface area contributed by atoms with Gasteiger partial charge in [-0.15, -0.1) is 11.8 Å². The van der Waals surface area contributed by atoms with Gasteiger partial charge >= 0.3 is 0 Å². The summed E-state index contributed by atoms with van der Waals surface area (Å²) >= 11 is 1.60. The number of halogens is 2. The lowest BCUT2D eigenvalue weighted by Crippen LogP contribution is -2.57. The maximum atomic E-state index is 13.3. The van der Waals surface area contributed by atoms with E-state index >= 15 is 0 Å². The van der Waals surface area contributed by atoms with Crippen LogP contribution in [0.5, 0.6) is 0 Å². The average Bonchev–Trinajstić information content (AvgIpc) is 3.19. The molecule has 6 rings (SSSR count). The third-order valence-corrected chi connectivity index (χ3v) is 10.6. The molecule has 2 aromatic heterocycles. The molecule has 1 aromatic carbocycles. The van der Waals surface area contributed by atoms with Crippen LogP contribution >= 0.6 is 11.8 Å². The molecule has 0 bridgehead atoms. The van der Waals surface area contributed by atoms with Crippen molar-refractivity contribution < 1.29 is 13.5 Å². The first-order valence-electron chi connectivity index (χ1n) is 14.9. The number of H-pyrrole nitrogens is 1. The van der Waals surface area contributed by atoms with Crippen molar-refractivity contribution in [2.75, 3.05) is 19.5 Å². The predicted octanol–water partition coefficient (Wildman–Crippen LogP) is 6.19. The molecule has 9 heteroatoms. The number of ether oxygens (including phenoxy) is 1. The third-order valence-electron chi connectivity index (χ3n) is 9.81. The van der Waals surface area contributed by atoms with Crippen molar-refractivity contribution in [3.8, 4) is 0 Å². The van der Waals surface area contributed by atoms with Gasteiger partial charge in [-0.2, -0.15) is 0 Å². The van der Waals surface area contributed by atoms with Crippen LogP contribution < -0.4 is 16.2 Å². The second-order valence-corrected chi connectivity index (χ2v) is 13.4. The Bertz CT molecular complexity index is 1460. The first-order valence-corrected chi connectivity index (χ1v) is 16.2. The van der Waals surface area contributed by atoms with E-state index in [1.807, 2.05) is 19.2 Å². The minimum absolute atomic E-state index is 0.0168. The zero-order valence-electron chi connectivity index (χ0n) is 24.5. The normalized spacial score (nSPS) is 24.6. The molecule has 6 nitrogen and oxygen atoms in total. The van der Waals surface area contributed by atoms with Gasteiger partial charge in [-0.25, -0.2) is 8.78 Å². The minimum atomic E-state index is -2.47. The number of aromatic amines is 1. The van der Waals surface area contributed by atoms with Crippen LogP contribution in [-0.4, -0.2) is 47.0 Å². The second-order valence-electron chi connectivity index (χ2n) is 12.6. The number of alkyl halides is 2. The Hall–Kier alpha value is -2.20. The summed E-state index contributed by atoms with van der Waals surface area (Å²) in [6.07, 6.45) is 6.21. The minimum Gasteiger partial charge on any atom is -0.377 e. The summed E-state index contributed by atoms with van der Waals surface area (Å²) in [5.41, 5.74) is 4.97. The van der Waals surface area contributed by atoms with Gasteiger partial charge in [0.2, 0.25) is 0 Å². The first-order chi connectivity index (χ1) is 19.6. The number of thioether (sulfide) groups is 1. The van der Waals surface area contributed by atoms with Gasteiger partial charge in [0.25, 0.3) is 11.5 Å². The zero-order chi connectivity index (χ0) is 28.9. The lowest BCUT2D eigenvalue weighted by atomic mass is 9.80. The van der Waals surface area contributed by atoms with Gasteiger partial charge in [0, 0.05) is 75.8 Å². The lowest BCUT2D eigenvalue weighted by Gasteiger charge is -2.43. The number of rotatable bonds is 9. The molecule has 3 N–H and O–H groups in total. The Kier molecular flexibility index (Phi) is 7.85. The molecule has 0 spiro atoms. The molecular weight excluding hydrogens is 542 g/mol. The number of aryl methyl sites for hydroxylation is 1. The van der Waals surface area contributed by atoms with E-state index in [4.69, 9.17) is 4.74 Å². The maximum absolute atomic E-state index is 13.3. The van der Waals surface area contributed by atoms with Crippen molar-refractivity contribution in [2.24, 2.45) is 5.92 Å². The van der Waals surface area contributed by atoms with E-state index < -0.39 is 5.92 Å². The van der Waals surface area contributed by atoms with Crippen LogP contribution in [0.15, 0.2) is 40.0 Å². The lowest BCUT2D eigenvalue weighted by molar-refractivity contribution is -0.0957. The fourth-order valence-corrected chi connectivity index (χ4v) is 8.25. The van der Waals surface area contributed by atoms with Gasteiger partial charge in [0.15, 0.2) is 0 Å². The predicted molar refractivity (Wildman–Crippen MR) is 161 cm³/mol. The van der Waals surface area contributed by atoms with Crippen molar-refractivity contribution >= 4 is 22.7 Å². The van der Waals surface area contributed by atoms with Gasteiger partial charge in [-0.3, -0.25) is 10.1 Å². The van der Waals surface area contributed by atoms with Crippen LogP contribution in [0.1, 0.15) is 74.0 Å². The fraction of sp³-hybridized carbons (Fsp3) is 0.594. The van der Waals surface area contributed by atoms with Crippen molar-refractivity contribution in [3.63, 3.8) is 0 Å². The Morgan fingerprint density at radius 1 is 1.12 bits per heavy atom. The standard InChI is InChI=1S/C32H42F2N4O2S/c1-19-13-28(41-4)26(30(39)36-19)16-35-31(17-40-18-31)29-21(3)38(27-8-6-5-7-25(27)29)20(2)22-9-11-23(12-10-22)37-24-14-32(33,34)15-24/h5-8,13,20,22-24,35,37H,9-12,14-18H2,1-4H3,(H,36,39)/t20-,22?,23?/m1/s1. The molecule has 3 aromatic rings. The smallest absolute Gasteiger partial charge is 0.253 e. The van der Waals surface area contributed by atoms with Crippen LogP contribution in [0.25, 0.3) is 10.9 Å². The average molecular weight is 585 g/mol. The molecule has 2 saturated carbocycles. The monoisotopic (exact) mass is 584 g/mol.